The third-order valence-electron chi connectivity index (χ3n) is 2.99. The summed E-state index contributed by atoms with van der Waals surface area (Å²) >= 11 is 7.91. The van der Waals surface area contributed by atoms with E-state index in [2.05, 4.69) is 25.1 Å². The van der Waals surface area contributed by atoms with Crippen LogP contribution in [0.4, 0.5) is 5.69 Å². The monoisotopic (exact) mass is 272 g/mol. The Bertz CT molecular complexity index is 357. The largest absolute Gasteiger partial charge is 0.398 e. The van der Waals surface area contributed by atoms with Crippen LogP contribution < -0.4 is 5.73 Å². The number of nitrogen functional groups attached to an aromatic ring is 1. The van der Waals surface area contributed by atoms with Gasteiger partial charge in [-0.25, -0.2) is 0 Å². The van der Waals surface area contributed by atoms with Crippen molar-refractivity contribution < 1.29 is 0 Å². The van der Waals surface area contributed by atoms with E-state index in [1.165, 1.54) is 17.7 Å². The van der Waals surface area contributed by atoms with Gasteiger partial charge in [0, 0.05) is 12.6 Å². The van der Waals surface area contributed by atoms with Crippen LogP contribution in [0.25, 0.3) is 0 Å². The molecule has 1 aromatic rings. The Hall–Kier alpha value is -0.380. The highest BCUT2D eigenvalue weighted by molar-refractivity contribution is 7.98. The molecule has 1 unspecified atom stereocenters. The van der Waals surface area contributed by atoms with E-state index in [0.717, 1.165) is 6.54 Å². The molecule has 0 heterocycles. The van der Waals surface area contributed by atoms with E-state index in [9.17, 15) is 0 Å². The second kappa shape index (κ2) is 7.14. The normalized spacial score (nSPS) is 13.0. The fourth-order valence-electron chi connectivity index (χ4n) is 1.62. The highest BCUT2D eigenvalue weighted by Gasteiger charge is 2.09. The molecule has 2 nitrogen and oxygen atoms in total. The number of benzene rings is 1. The molecule has 0 aliphatic heterocycles. The lowest BCUT2D eigenvalue weighted by molar-refractivity contribution is 0.245. The van der Waals surface area contributed by atoms with E-state index < -0.39 is 0 Å². The Kier molecular flexibility index (Phi) is 6.17. The van der Waals surface area contributed by atoms with Crippen LogP contribution in [0, 0.1) is 0 Å². The molecular weight excluding hydrogens is 252 g/mol. The van der Waals surface area contributed by atoms with Gasteiger partial charge in [0.2, 0.25) is 0 Å². The summed E-state index contributed by atoms with van der Waals surface area (Å²) in [6, 6.07) is 6.45. The van der Waals surface area contributed by atoms with Gasteiger partial charge in [0.15, 0.2) is 0 Å². The molecule has 0 amide bonds. The van der Waals surface area contributed by atoms with Crippen LogP contribution in [0.2, 0.25) is 5.02 Å². The number of halogens is 1. The maximum absolute atomic E-state index is 6.01. The smallest absolute Gasteiger partial charge is 0.0638 e. The molecule has 1 aromatic carbocycles. The third-order valence-corrected chi connectivity index (χ3v) is 3.96. The standard InChI is InChI=1S/C13H21ClN2S/c1-10(6-7-17-3)16(2)9-11-4-5-13(15)12(14)8-11/h4-5,8,10H,6-7,9,15H2,1-3H3. The molecule has 0 saturated heterocycles. The van der Waals surface area contributed by atoms with E-state index in [0.29, 0.717) is 16.8 Å². The topological polar surface area (TPSA) is 29.3 Å². The second-order valence-corrected chi connectivity index (χ2v) is 5.79. The van der Waals surface area contributed by atoms with Crippen LogP contribution in [-0.2, 0) is 6.54 Å². The number of nitrogens with two attached hydrogens (primary N) is 1. The van der Waals surface area contributed by atoms with Crippen molar-refractivity contribution in [3.05, 3.63) is 28.8 Å². The number of anilines is 1. The van der Waals surface area contributed by atoms with Gasteiger partial charge in [-0.15, -0.1) is 0 Å². The molecule has 96 valence electrons. The maximum atomic E-state index is 6.01. The molecule has 17 heavy (non-hydrogen) atoms. The Labute approximate surface area is 114 Å². The lowest BCUT2D eigenvalue weighted by Gasteiger charge is -2.24. The minimum absolute atomic E-state index is 0.582. The zero-order valence-electron chi connectivity index (χ0n) is 10.7. The summed E-state index contributed by atoms with van der Waals surface area (Å²) < 4.78 is 0. The summed E-state index contributed by atoms with van der Waals surface area (Å²) in [7, 11) is 2.15. The summed E-state index contributed by atoms with van der Waals surface area (Å²) in [4.78, 5) is 2.35. The van der Waals surface area contributed by atoms with Crippen LogP contribution in [0.5, 0.6) is 0 Å². The number of rotatable bonds is 6. The second-order valence-electron chi connectivity index (χ2n) is 4.40. The molecule has 2 N–H and O–H groups in total. The molecular formula is C13H21ClN2S. The minimum Gasteiger partial charge on any atom is -0.398 e. The molecule has 0 spiro atoms. The Morgan fingerprint density at radius 3 is 2.76 bits per heavy atom. The van der Waals surface area contributed by atoms with E-state index in [1.807, 2.05) is 30.0 Å². The molecule has 1 atom stereocenters. The summed E-state index contributed by atoms with van der Waals surface area (Å²) in [5, 5.41) is 0.646. The third kappa shape index (κ3) is 4.78. The van der Waals surface area contributed by atoms with Crippen molar-refractivity contribution >= 4 is 29.1 Å². The molecule has 0 aliphatic carbocycles. The fraction of sp³-hybridized carbons (Fsp3) is 0.538. The predicted molar refractivity (Wildman–Crippen MR) is 79.8 cm³/mol. The average molecular weight is 273 g/mol. The van der Waals surface area contributed by atoms with Crippen molar-refractivity contribution in [3.8, 4) is 0 Å². The molecule has 0 saturated carbocycles. The number of hydrogen-bond donors (Lipinski definition) is 1. The van der Waals surface area contributed by atoms with Gasteiger partial charge in [0.05, 0.1) is 10.7 Å². The summed E-state index contributed by atoms with van der Waals surface area (Å²) in [5.41, 5.74) is 7.55. The van der Waals surface area contributed by atoms with Crippen LogP contribution in [0.3, 0.4) is 0 Å². The zero-order valence-corrected chi connectivity index (χ0v) is 12.3. The Morgan fingerprint density at radius 2 is 2.18 bits per heavy atom. The van der Waals surface area contributed by atoms with Gasteiger partial charge in [0.1, 0.15) is 0 Å². The van der Waals surface area contributed by atoms with Crippen molar-refractivity contribution in [1.29, 1.82) is 0 Å². The van der Waals surface area contributed by atoms with Crippen molar-refractivity contribution in [1.82, 2.24) is 4.90 Å². The molecule has 0 bridgehead atoms. The molecule has 0 aliphatic rings. The van der Waals surface area contributed by atoms with Crippen LogP contribution in [-0.4, -0.2) is 30.0 Å². The maximum Gasteiger partial charge on any atom is 0.0638 e. The first-order valence-corrected chi connectivity index (χ1v) is 7.55. The van der Waals surface area contributed by atoms with Gasteiger partial charge in [-0.1, -0.05) is 17.7 Å². The fourth-order valence-corrected chi connectivity index (χ4v) is 2.40. The van der Waals surface area contributed by atoms with Gasteiger partial charge < -0.3 is 5.73 Å². The Morgan fingerprint density at radius 1 is 1.47 bits per heavy atom. The van der Waals surface area contributed by atoms with Crippen molar-refractivity contribution in [2.24, 2.45) is 0 Å². The van der Waals surface area contributed by atoms with Crippen molar-refractivity contribution in [2.75, 3.05) is 24.8 Å². The van der Waals surface area contributed by atoms with Crippen LogP contribution >= 0.6 is 23.4 Å². The zero-order chi connectivity index (χ0) is 12.8. The SMILES string of the molecule is CSCCC(C)N(C)Cc1ccc(N)c(Cl)c1. The molecule has 0 aromatic heterocycles. The van der Waals surface area contributed by atoms with E-state index in [1.54, 1.807) is 0 Å². The van der Waals surface area contributed by atoms with Gasteiger partial charge >= 0.3 is 0 Å². The Balaban J connectivity index is 2.55. The molecule has 1 rings (SSSR count). The van der Waals surface area contributed by atoms with Crippen LogP contribution in [0.15, 0.2) is 18.2 Å². The van der Waals surface area contributed by atoms with Crippen molar-refractivity contribution in [3.63, 3.8) is 0 Å². The summed E-state index contributed by atoms with van der Waals surface area (Å²) in [5.74, 6) is 1.20. The van der Waals surface area contributed by atoms with Gasteiger partial charge in [-0.3, -0.25) is 4.90 Å². The molecule has 0 fully saturated rings. The van der Waals surface area contributed by atoms with Gasteiger partial charge in [-0.2, -0.15) is 11.8 Å². The average Bonchev–Trinajstić information content (AvgIpc) is 2.30. The van der Waals surface area contributed by atoms with Crippen molar-refractivity contribution in [2.45, 2.75) is 25.9 Å². The van der Waals surface area contributed by atoms with Crippen LogP contribution in [0.1, 0.15) is 18.9 Å². The first kappa shape index (κ1) is 14.7. The summed E-state index contributed by atoms with van der Waals surface area (Å²) in [6.07, 6.45) is 3.35. The van der Waals surface area contributed by atoms with E-state index in [-0.39, 0.29) is 0 Å². The first-order chi connectivity index (χ1) is 8.04. The highest BCUT2D eigenvalue weighted by atomic mass is 35.5. The van der Waals surface area contributed by atoms with E-state index >= 15 is 0 Å². The lowest BCUT2D eigenvalue weighted by Crippen LogP contribution is -2.29. The lowest BCUT2D eigenvalue weighted by atomic mass is 10.1. The highest BCUT2D eigenvalue weighted by Crippen LogP contribution is 2.21. The number of nitrogens with zero attached hydrogens (tertiary/aromatic N) is 1. The minimum atomic E-state index is 0.582. The van der Waals surface area contributed by atoms with Gasteiger partial charge in [-0.05, 0) is 50.1 Å². The molecule has 0 radical (unpaired) electrons. The molecule has 4 heteroatoms. The first-order valence-electron chi connectivity index (χ1n) is 5.77. The van der Waals surface area contributed by atoms with Gasteiger partial charge in [0.25, 0.3) is 0 Å². The van der Waals surface area contributed by atoms with E-state index in [4.69, 9.17) is 17.3 Å². The number of thioether (sulfide) groups is 1. The predicted octanol–water partition coefficient (Wildman–Crippen LogP) is 3.50. The quantitative estimate of drug-likeness (QED) is 0.804. The summed E-state index contributed by atoms with van der Waals surface area (Å²) in [6.45, 7) is 3.17. The number of hydrogen-bond acceptors (Lipinski definition) is 3.